The number of carbonyl (C=O) groups excluding carboxylic acids is 2. The van der Waals surface area contributed by atoms with Crippen molar-refractivity contribution in [2.75, 3.05) is 19.7 Å². The van der Waals surface area contributed by atoms with E-state index < -0.39 is 12.0 Å². The van der Waals surface area contributed by atoms with Crippen LogP contribution in [0.1, 0.15) is 12.7 Å². The van der Waals surface area contributed by atoms with E-state index in [-0.39, 0.29) is 6.54 Å². The first-order chi connectivity index (χ1) is 8.63. The van der Waals surface area contributed by atoms with Crippen molar-refractivity contribution in [2.45, 2.75) is 13.3 Å². The van der Waals surface area contributed by atoms with Crippen molar-refractivity contribution in [1.82, 2.24) is 25.4 Å². The van der Waals surface area contributed by atoms with Crippen LogP contribution in [0, 0.1) is 0 Å². The molecule has 0 unspecified atom stereocenters. The first-order valence-corrected chi connectivity index (χ1v) is 5.63. The van der Waals surface area contributed by atoms with Crippen LogP contribution in [0.15, 0.2) is 6.33 Å². The molecule has 0 radical (unpaired) electrons. The first-order valence-electron chi connectivity index (χ1n) is 5.63. The highest BCUT2D eigenvalue weighted by Crippen LogP contribution is 1.90. The van der Waals surface area contributed by atoms with Gasteiger partial charge in [0, 0.05) is 20.0 Å². The molecule has 0 aliphatic carbocycles. The number of esters is 1. The second-order valence-corrected chi connectivity index (χ2v) is 3.52. The van der Waals surface area contributed by atoms with E-state index in [4.69, 9.17) is 0 Å². The van der Waals surface area contributed by atoms with Gasteiger partial charge in [-0.05, 0) is 6.92 Å². The predicted molar refractivity (Wildman–Crippen MR) is 62.7 cm³/mol. The van der Waals surface area contributed by atoms with E-state index in [1.54, 1.807) is 17.8 Å². The molecule has 0 aliphatic rings. The predicted octanol–water partition coefficient (Wildman–Crippen LogP) is -0.780. The Kier molecular flexibility index (Phi) is 5.62. The van der Waals surface area contributed by atoms with Gasteiger partial charge in [0.15, 0.2) is 0 Å². The van der Waals surface area contributed by atoms with Crippen LogP contribution >= 0.6 is 0 Å². The molecule has 0 bridgehead atoms. The molecule has 0 aromatic carbocycles. The number of aryl methyl sites for hydroxylation is 1. The van der Waals surface area contributed by atoms with Crippen molar-refractivity contribution >= 4 is 12.0 Å². The van der Waals surface area contributed by atoms with Gasteiger partial charge >= 0.3 is 12.0 Å². The lowest BCUT2D eigenvalue weighted by Gasteiger charge is -2.06. The Balaban J connectivity index is 2.14. The monoisotopic (exact) mass is 255 g/mol. The minimum Gasteiger partial charge on any atom is -0.465 e. The lowest BCUT2D eigenvalue weighted by molar-refractivity contribution is -0.141. The third kappa shape index (κ3) is 4.81. The molecule has 0 spiro atoms. The third-order valence-electron chi connectivity index (χ3n) is 2.14. The molecule has 0 fully saturated rings. The van der Waals surface area contributed by atoms with E-state index in [2.05, 4.69) is 25.6 Å². The quantitative estimate of drug-likeness (QED) is 0.650. The largest absolute Gasteiger partial charge is 0.465 e. The molecule has 1 aromatic rings. The van der Waals surface area contributed by atoms with Crippen molar-refractivity contribution in [3.8, 4) is 0 Å². The molecule has 2 N–H and O–H groups in total. The molecule has 18 heavy (non-hydrogen) atoms. The van der Waals surface area contributed by atoms with Gasteiger partial charge in [-0.15, -0.1) is 10.2 Å². The highest BCUT2D eigenvalue weighted by Gasteiger charge is 2.06. The van der Waals surface area contributed by atoms with Crippen molar-refractivity contribution in [2.24, 2.45) is 7.05 Å². The average molecular weight is 255 g/mol. The van der Waals surface area contributed by atoms with Crippen molar-refractivity contribution in [1.29, 1.82) is 0 Å². The van der Waals surface area contributed by atoms with Gasteiger partial charge in [0.1, 0.15) is 18.7 Å². The average Bonchev–Trinajstić information content (AvgIpc) is 2.73. The lowest BCUT2D eigenvalue weighted by atomic mass is 10.4. The van der Waals surface area contributed by atoms with Crippen LogP contribution in [0.5, 0.6) is 0 Å². The van der Waals surface area contributed by atoms with Crippen LogP contribution < -0.4 is 10.6 Å². The van der Waals surface area contributed by atoms with Crippen LogP contribution in [0.4, 0.5) is 4.79 Å². The van der Waals surface area contributed by atoms with E-state index in [0.29, 0.717) is 19.6 Å². The maximum atomic E-state index is 11.3. The zero-order valence-corrected chi connectivity index (χ0v) is 10.5. The van der Waals surface area contributed by atoms with Gasteiger partial charge in [0.2, 0.25) is 0 Å². The maximum Gasteiger partial charge on any atom is 0.325 e. The second kappa shape index (κ2) is 7.25. The fourth-order valence-corrected chi connectivity index (χ4v) is 1.25. The van der Waals surface area contributed by atoms with Gasteiger partial charge in [-0.25, -0.2) is 4.79 Å². The Bertz CT molecular complexity index is 404. The van der Waals surface area contributed by atoms with Crippen molar-refractivity contribution in [3.05, 3.63) is 12.2 Å². The molecule has 0 atom stereocenters. The molecular weight excluding hydrogens is 238 g/mol. The Morgan fingerprint density at radius 1 is 1.44 bits per heavy atom. The van der Waals surface area contributed by atoms with Gasteiger partial charge in [0.05, 0.1) is 6.61 Å². The summed E-state index contributed by atoms with van der Waals surface area (Å²) in [7, 11) is 1.83. The molecule has 100 valence electrons. The standard InChI is InChI=1S/C10H17N5O3/c1-3-18-9(16)6-12-10(17)11-5-4-8-14-13-7-15(8)2/h7H,3-6H2,1-2H3,(H2,11,12,17). The Labute approximate surface area is 105 Å². The molecule has 1 rings (SSSR count). The first kappa shape index (κ1) is 13.9. The smallest absolute Gasteiger partial charge is 0.325 e. The zero-order valence-electron chi connectivity index (χ0n) is 10.5. The van der Waals surface area contributed by atoms with Crippen LogP contribution in [-0.4, -0.2) is 46.5 Å². The van der Waals surface area contributed by atoms with Crippen LogP contribution in [0.2, 0.25) is 0 Å². The molecule has 8 nitrogen and oxygen atoms in total. The summed E-state index contributed by atoms with van der Waals surface area (Å²) in [5, 5.41) is 12.6. The summed E-state index contributed by atoms with van der Waals surface area (Å²) in [4.78, 5) is 22.3. The number of ether oxygens (including phenoxy) is 1. The number of nitrogens with zero attached hydrogens (tertiary/aromatic N) is 3. The Hall–Kier alpha value is -2.12. The number of urea groups is 1. The second-order valence-electron chi connectivity index (χ2n) is 3.52. The zero-order chi connectivity index (χ0) is 13.4. The number of rotatable bonds is 6. The fraction of sp³-hybridized carbons (Fsp3) is 0.600. The number of hydrogen-bond donors (Lipinski definition) is 2. The summed E-state index contributed by atoms with van der Waals surface area (Å²) < 4.78 is 6.44. The van der Waals surface area contributed by atoms with Crippen LogP contribution in [0.3, 0.4) is 0 Å². The topological polar surface area (TPSA) is 98.1 Å². The number of hydrogen-bond acceptors (Lipinski definition) is 5. The highest BCUT2D eigenvalue weighted by atomic mass is 16.5. The molecule has 0 aliphatic heterocycles. The fourth-order valence-electron chi connectivity index (χ4n) is 1.25. The summed E-state index contributed by atoms with van der Waals surface area (Å²) >= 11 is 0. The SMILES string of the molecule is CCOC(=O)CNC(=O)NCCc1nncn1C. The number of aromatic nitrogens is 3. The number of nitrogens with one attached hydrogen (secondary N) is 2. The highest BCUT2D eigenvalue weighted by molar-refractivity contribution is 5.80. The molecule has 8 heteroatoms. The van der Waals surface area contributed by atoms with Gasteiger partial charge in [0.25, 0.3) is 0 Å². The van der Waals surface area contributed by atoms with Crippen molar-refractivity contribution in [3.63, 3.8) is 0 Å². The van der Waals surface area contributed by atoms with E-state index in [9.17, 15) is 9.59 Å². The Morgan fingerprint density at radius 2 is 2.22 bits per heavy atom. The molecule has 1 aromatic heterocycles. The van der Waals surface area contributed by atoms with E-state index in [0.717, 1.165) is 5.82 Å². The molecule has 2 amide bonds. The maximum absolute atomic E-state index is 11.3. The van der Waals surface area contributed by atoms with Gasteiger partial charge < -0.3 is 19.9 Å². The molecule has 0 saturated heterocycles. The Morgan fingerprint density at radius 3 is 2.83 bits per heavy atom. The summed E-state index contributed by atoms with van der Waals surface area (Å²) in [5.41, 5.74) is 0. The van der Waals surface area contributed by atoms with Crippen molar-refractivity contribution < 1.29 is 14.3 Å². The minimum atomic E-state index is -0.457. The summed E-state index contributed by atoms with van der Waals surface area (Å²) in [6.45, 7) is 2.29. The third-order valence-corrected chi connectivity index (χ3v) is 2.14. The van der Waals surface area contributed by atoms with E-state index >= 15 is 0 Å². The number of amides is 2. The normalized spacial score (nSPS) is 9.89. The summed E-state index contributed by atoms with van der Waals surface area (Å²) in [6.07, 6.45) is 2.17. The summed E-state index contributed by atoms with van der Waals surface area (Å²) in [5.74, 6) is 0.321. The van der Waals surface area contributed by atoms with Crippen LogP contribution in [-0.2, 0) is 23.0 Å². The van der Waals surface area contributed by atoms with Gasteiger partial charge in [-0.1, -0.05) is 0 Å². The lowest BCUT2D eigenvalue weighted by Crippen LogP contribution is -2.39. The van der Waals surface area contributed by atoms with E-state index in [1.165, 1.54) is 0 Å². The van der Waals surface area contributed by atoms with Gasteiger partial charge in [-0.3, -0.25) is 4.79 Å². The van der Waals surface area contributed by atoms with Crippen LogP contribution in [0.25, 0.3) is 0 Å². The van der Waals surface area contributed by atoms with E-state index in [1.807, 2.05) is 7.05 Å². The minimum absolute atomic E-state index is 0.135. The van der Waals surface area contributed by atoms with Gasteiger partial charge in [-0.2, -0.15) is 0 Å². The molecular formula is C10H17N5O3. The molecule has 0 saturated carbocycles. The molecule has 1 heterocycles. The number of carbonyl (C=O) groups is 2. The summed E-state index contributed by atoms with van der Waals surface area (Å²) in [6, 6.07) is -0.412.